The molecule has 1 amide bonds. The largest absolute Gasteiger partial charge is 0.484 e. The maximum atomic E-state index is 11.8. The highest BCUT2D eigenvalue weighted by Gasteiger charge is 2.07. The van der Waals surface area contributed by atoms with E-state index in [2.05, 4.69) is 27.9 Å². The summed E-state index contributed by atoms with van der Waals surface area (Å²) in [4.78, 5) is 11.8. The molecule has 104 valence electrons. The molecule has 0 fully saturated rings. The van der Waals surface area contributed by atoms with Crippen molar-refractivity contribution >= 4 is 51.5 Å². The Bertz CT molecular complexity index is 634. The Morgan fingerprint density at radius 3 is 2.80 bits per heavy atom. The number of anilines is 2. The Morgan fingerprint density at radius 1 is 1.30 bits per heavy atom. The van der Waals surface area contributed by atoms with Crippen LogP contribution in [0.5, 0.6) is 5.75 Å². The molecule has 2 aromatic carbocycles. The van der Waals surface area contributed by atoms with Gasteiger partial charge < -0.3 is 15.8 Å². The smallest absolute Gasteiger partial charge is 0.262 e. The van der Waals surface area contributed by atoms with Crippen LogP contribution in [0.25, 0.3) is 0 Å². The second-order valence-corrected chi connectivity index (χ2v) is 5.69. The van der Waals surface area contributed by atoms with E-state index in [0.29, 0.717) is 22.1 Å². The number of ether oxygens (including phenoxy) is 1. The van der Waals surface area contributed by atoms with Crippen molar-refractivity contribution in [2.75, 3.05) is 17.7 Å². The molecule has 2 aromatic rings. The lowest BCUT2D eigenvalue weighted by molar-refractivity contribution is -0.118. The Balaban J connectivity index is 1.92. The topological polar surface area (TPSA) is 64.3 Å². The summed E-state index contributed by atoms with van der Waals surface area (Å²) in [6.07, 6.45) is 0. The number of nitrogen functional groups attached to an aromatic ring is 1. The van der Waals surface area contributed by atoms with E-state index in [1.807, 2.05) is 18.2 Å². The van der Waals surface area contributed by atoms with Crippen LogP contribution in [-0.4, -0.2) is 12.5 Å². The van der Waals surface area contributed by atoms with Crippen LogP contribution in [0.15, 0.2) is 42.5 Å². The van der Waals surface area contributed by atoms with Crippen molar-refractivity contribution in [2.24, 2.45) is 0 Å². The number of benzene rings is 2. The fourth-order valence-corrected chi connectivity index (χ4v) is 2.28. The zero-order chi connectivity index (χ0) is 14.5. The van der Waals surface area contributed by atoms with Crippen LogP contribution in [-0.2, 0) is 4.79 Å². The molecule has 0 atom stereocenters. The van der Waals surface area contributed by atoms with Crippen molar-refractivity contribution < 1.29 is 9.53 Å². The van der Waals surface area contributed by atoms with Gasteiger partial charge in [0.15, 0.2) is 6.61 Å². The van der Waals surface area contributed by atoms with E-state index in [1.54, 1.807) is 24.3 Å². The van der Waals surface area contributed by atoms with Gasteiger partial charge in [-0.15, -0.1) is 0 Å². The fraction of sp³-hybridized carbons (Fsp3) is 0.0714. The fourth-order valence-electron chi connectivity index (χ4n) is 1.52. The van der Waals surface area contributed by atoms with Crippen LogP contribution >= 0.6 is 34.2 Å². The van der Waals surface area contributed by atoms with E-state index in [9.17, 15) is 4.79 Å². The predicted octanol–water partition coefficient (Wildman–Crippen LogP) is 3.54. The van der Waals surface area contributed by atoms with Crippen LogP contribution < -0.4 is 15.8 Å². The summed E-state index contributed by atoms with van der Waals surface area (Å²) in [7, 11) is 0. The highest BCUT2D eigenvalue weighted by atomic mass is 127. The molecule has 2 rings (SSSR count). The minimum Gasteiger partial charge on any atom is -0.484 e. The number of hydrogen-bond donors (Lipinski definition) is 2. The molecule has 0 radical (unpaired) electrons. The molecule has 0 saturated carbocycles. The molecule has 0 unspecified atom stereocenters. The van der Waals surface area contributed by atoms with Crippen molar-refractivity contribution in [1.82, 2.24) is 0 Å². The quantitative estimate of drug-likeness (QED) is 0.607. The summed E-state index contributed by atoms with van der Waals surface area (Å²) in [6, 6.07) is 12.4. The molecular weight excluding hydrogens is 391 g/mol. The molecule has 0 spiro atoms. The predicted molar refractivity (Wildman–Crippen MR) is 89.1 cm³/mol. The number of nitrogens with two attached hydrogens (primary N) is 1. The average Bonchev–Trinajstić information content (AvgIpc) is 2.40. The molecule has 0 saturated heterocycles. The van der Waals surface area contributed by atoms with Gasteiger partial charge in [-0.25, -0.2) is 0 Å². The van der Waals surface area contributed by atoms with E-state index in [4.69, 9.17) is 22.1 Å². The zero-order valence-electron chi connectivity index (χ0n) is 10.4. The number of hydrogen-bond acceptors (Lipinski definition) is 3. The minimum atomic E-state index is -0.282. The lowest BCUT2D eigenvalue weighted by atomic mass is 10.3. The normalized spacial score (nSPS) is 10.1. The van der Waals surface area contributed by atoms with Crippen LogP contribution in [0.4, 0.5) is 11.4 Å². The maximum absolute atomic E-state index is 11.8. The number of carbonyl (C=O) groups excluding carboxylic acids is 1. The first-order chi connectivity index (χ1) is 9.54. The van der Waals surface area contributed by atoms with Crippen LogP contribution in [0.2, 0.25) is 5.02 Å². The molecule has 0 aliphatic rings. The summed E-state index contributed by atoms with van der Waals surface area (Å²) in [5, 5.41) is 3.06. The molecule has 3 N–H and O–H groups in total. The standard InChI is InChI=1S/C14H12ClIN2O2/c15-12-7-10(17)4-5-13(12)18-14(19)8-20-11-3-1-2-9(16)6-11/h1-7H,8,17H2,(H,18,19). The number of carbonyl (C=O) groups is 1. The summed E-state index contributed by atoms with van der Waals surface area (Å²) < 4.78 is 6.44. The highest BCUT2D eigenvalue weighted by molar-refractivity contribution is 14.1. The Kier molecular flexibility index (Phi) is 5.08. The van der Waals surface area contributed by atoms with Gasteiger partial charge in [0.2, 0.25) is 0 Å². The molecule has 20 heavy (non-hydrogen) atoms. The van der Waals surface area contributed by atoms with Crippen molar-refractivity contribution in [3.63, 3.8) is 0 Å². The van der Waals surface area contributed by atoms with Crippen molar-refractivity contribution in [3.05, 3.63) is 51.1 Å². The molecule has 0 bridgehead atoms. The van der Waals surface area contributed by atoms with Crippen LogP contribution in [0.1, 0.15) is 0 Å². The third-order valence-electron chi connectivity index (χ3n) is 2.43. The first-order valence-corrected chi connectivity index (χ1v) is 7.23. The van der Waals surface area contributed by atoms with Gasteiger partial charge in [-0.1, -0.05) is 17.7 Å². The SMILES string of the molecule is Nc1ccc(NC(=O)COc2cccc(I)c2)c(Cl)c1. The van der Waals surface area contributed by atoms with E-state index >= 15 is 0 Å². The van der Waals surface area contributed by atoms with Gasteiger partial charge in [-0.2, -0.15) is 0 Å². The second-order valence-electron chi connectivity index (χ2n) is 4.03. The van der Waals surface area contributed by atoms with Gasteiger partial charge in [0, 0.05) is 9.26 Å². The number of rotatable bonds is 4. The Morgan fingerprint density at radius 2 is 2.10 bits per heavy atom. The summed E-state index contributed by atoms with van der Waals surface area (Å²) in [5.41, 5.74) is 6.64. The van der Waals surface area contributed by atoms with Crippen molar-refractivity contribution in [2.45, 2.75) is 0 Å². The lowest BCUT2D eigenvalue weighted by Gasteiger charge is -2.09. The Hall–Kier alpha value is -1.47. The molecule has 0 aliphatic carbocycles. The minimum absolute atomic E-state index is 0.0825. The molecule has 0 aromatic heterocycles. The molecule has 4 nitrogen and oxygen atoms in total. The number of halogens is 2. The molecule has 0 heterocycles. The van der Waals surface area contributed by atoms with Gasteiger partial charge in [0.25, 0.3) is 5.91 Å². The number of amides is 1. The van der Waals surface area contributed by atoms with Gasteiger partial charge >= 0.3 is 0 Å². The monoisotopic (exact) mass is 402 g/mol. The summed E-state index contributed by atoms with van der Waals surface area (Å²) in [6.45, 7) is -0.0825. The highest BCUT2D eigenvalue weighted by Crippen LogP contribution is 2.24. The lowest BCUT2D eigenvalue weighted by Crippen LogP contribution is -2.20. The van der Waals surface area contributed by atoms with Crippen molar-refractivity contribution in [1.29, 1.82) is 0 Å². The summed E-state index contributed by atoms with van der Waals surface area (Å²) in [5.74, 6) is 0.367. The summed E-state index contributed by atoms with van der Waals surface area (Å²) >= 11 is 8.15. The van der Waals surface area contributed by atoms with E-state index < -0.39 is 0 Å². The molecule has 6 heteroatoms. The van der Waals surface area contributed by atoms with Gasteiger partial charge in [0.1, 0.15) is 5.75 Å². The van der Waals surface area contributed by atoms with E-state index in [-0.39, 0.29) is 12.5 Å². The van der Waals surface area contributed by atoms with Crippen LogP contribution in [0, 0.1) is 3.57 Å². The van der Waals surface area contributed by atoms with Gasteiger partial charge in [0.05, 0.1) is 10.7 Å². The Labute approximate surface area is 135 Å². The first kappa shape index (κ1) is 14.9. The molecule has 0 aliphatic heterocycles. The van der Waals surface area contributed by atoms with Crippen molar-refractivity contribution in [3.8, 4) is 5.75 Å². The zero-order valence-corrected chi connectivity index (χ0v) is 13.3. The third kappa shape index (κ3) is 4.28. The number of nitrogens with one attached hydrogen (secondary N) is 1. The van der Waals surface area contributed by atoms with Gasteiger partial charge in [-0.05, 0) is 59.0 Å². The average molecular weight is 403 g/mol. The van der Waals surface area contributed by atoms with E-state index in [0.717, 1.165) is 3.57 Å². The molecular formula is C14H12ClIN2O2. The maximum Gasteiger partial charge on any atom is 0.262 e. The van der Waals surface area contributed by atoms with Gasteiger partial charge in [-0.3, -0.25) is 4.79 Å². The van der Waals surface area contributed by atoms with Crippen LogP contribution in [0.3, 0.4) is 0 Å². The second kappa shape index (κ2) is 6.81. The van der Waals surface area contributed by atoms with E-state index in [1.165, 1.54) is 0 Å². The first-order valence-electron chi connectivity index (χ1n) is 5.78. The third-order valence-corrected chi connectivity index (χ3v) is 3.42.